The van der Waals surface area contributed by atoms with Crippen molar-refractivity contribution in [2.24, 2.45) is 0 Å². The summed E-state index contributed by atoms with van der Waals surface area (Å²) in [4.78, 5) is 7.07. The van der Waals surface area contributed by atoms with E-state index in [2.05, 4.69) is 16.5 Å². The Morgan fingerprint density at radius 1 is 1.75 bits per heavy atom. The summed E-state index contributed by atoms with van der Waals surface area (Å²) in [6, 6.07) is 0.0498. The molecule has 0 saturated carbocycles. The Bertz CT molecular complexity index is 290. The SMILES string of the molecule is C=CCOc1ncc(F)c(N)n1. The second kappa shape index (κ2) is 3.66. The highest BCUT2D eigenvalue weighted by molar-refractivity contribution is 5.29. The summed E-state index contributed by atoms with van der Waals surface area (Å²) in [5, 5.41) is 0. The minimum atomic E-state index is -0.652. The van der Waals surface area contributed by atoms with Crippen LogP contribution in [0.5, 0.6) is 6.01 Å². The van der Waals surface area contributed by atoms with E-state index < -0.39 is 5.82 Å². The zero-order valence-electron chi connectivity index (χ0n) is 6.33. The first kappa shape index (κ1) is 8.45. The lowest BCUT2D eigenvalue weighted by atomic mass is 10.6. The van der Waals surface area contributed by atoms with Gasteiger partial charge in [-0.3, -0.25) is 0 Å². The number of ether oxygens (including phenoxy) is 1. The topological polar surface area (TPSA) is 61.0 Å². The first-order valence-corrected chi connectivity index (χ1v) is 3.25. The van der Waals surface area contributed by atoms with Gasteiger partial charge in [0.15, 0.2) is 11.6 Å². The first-order valence-electron chi connectivity index (χ1n) is 3.25. The van der Waals surface area contributed by atoms with Crippen LogP contribution in [0, 0.1) is 5.82 Å². The Labute approximate surface area is 68.9 Å². The molecule has 0 fully saturated rings. The molecule has 64 valence electrons. The molecule has 0 aliphatic carbocycles. The summed E-state index contributed by atoms with van der Waals surface area (Å²) >= 11 is 0. The van der Waals surface area contributed by atoms with Crippen LogP contribution in [0.2, 0.25) is 0 Å². The number of anilines is 1. The normalized spacial score (nSPS) is 9.42. The largest absolute Gasteiger partial charge is 0.459 e. The second-order valence-electron chi connectivity index (χ2n) is 1.99. The highest BCUT2D eigenvalue weighted by Crippen LogP contribution is 2.08. The fraction of sp³-hybridized carbons (Fsp3) is 0.143. The van der Waals surface area contributed by atoms with Crippen molar-refractivity contribution >= 4 is 5.82 Å². The second-order valence-corrected chi connectivity index (χ2v) is 1.99. The molecule has 0 unspecified atom stereocenters. The maximum Gasteiger partial charge on any atom is 0.318 e. The number of nitrogens with two attached hydrogens (primary N) is 1. The average Bonchev–Trinajstić information content (AvgIpc) is 2.07. The Kier molecular flexibility index (Phi) is 2.57. The van der Waals surface area contributed by atoms with Gasteiger partial charge in [0.2, 0.25) is 0 Å². The van der Waals surface area contributed by atoms with E-state index in [-0.39, 0.29) is 18.4 Å². The summed E-state index contributed by atoms with van der Waals surface area (Å²) in [6.45, 7) is 3.70. The number of nitrogen functional groups attached to an aromatic ring is 1. The van der Waals surface area contributed by atoms with Gasteiger partial charge in [-0.1, -0.05) is 12.7 Å². The van der Waals surface area contributed by atoms with Crippen molar-refractivity contribution in [3.63, 3.8) is 0 Å². The zero-order valence-corrected chi connectivity index (χ0v) is 6.33. The molecular weight excluding hydrogens is 161 g/mol. The Morgan fingerprint density at radius 3 is 3.08 bits per heavy atom. The molecule has 2 N–H and O–H groups in total. The van der Waals surface area contributed by atoms with E-state index in [1.165, 1.54) is 6.08 Å². The maximum atomic E-state index is 12.5. The highest BCUT2D eigenvalue weighted by atomic mass is 19.1. The van der Waals surface area contributed by atoms with E-state index in [0.29, 0.717) is 0 Å². The van der Waals surface area contributed by atoms with Gasteiger partial charge in [-0.2, -0.15) is 4.98 Å². The number of nitrogens with zero attached hydrogens (tertiary/aromatic N) is 2. The van der Waals surface area contributed by atoms with Gasteiger partial charge in [0.05, 0.1) is 6.20 Å². The molecule has 4 nitrogen and oxygen atoms in total. The minimum absolute atomic E-state index is 0.0498. The molecule has 0 aromatic carbocycles. The number of hydrogen-bond donors (Lipinski definition) is 1. The predicted octanol–water partition coefficient (Wildman–Crippen LogP) is 0.763. The third-order valence-electron chi connectivity index (χ3n) is 1.08. The van der Waals surface area contributed by atoms with Crippen molar-refractivity contribution in [1.82, 2.24) is 9.97 Å². The van der Waals surface area contributed by atoms with Gasteiger partial charge in [-0.25, -0.2) is 9.37 Å². The molecule has 0 spiro atoms. The molecule has 1 heterocycles. The van der Waals surface area contributed by atoms with Crippen LogP contribution < -0.4 is 10.5 Å². The highest BCUT2D eigenvalue weighted by Gasteiger charge is 2.02. The molecule has 1 aromatic rings. The molecule has 12 heavy (non-hydrogen) atoms. The summed E-state index contributed by atoms with van der Waals surface area (Å²) in [5.74, 6) is -0.870. The third kappa shape index (κ3) is 1.91. The molecule has 0 saturated heterocycles. The van der Waals surface area contributed by atoms with Gasteiger partial charge in [-0.15, -0.1) is 0 Å². The van der Waals surface area contributed by atoms with E-state index in [1.807, 2.05) is 0 Å². The Balaban J connectivity index is 2.75. The lowest BCUT2D eigenvalue weighted by Gasteiger charge is -2.00. The van der Waals surface area contributed by atoms with Gasteiger partial charge in [0.25, 0.3) is 0 Å². The van der Waals surface area contributed by atoms with Crippen molar-refractivity contribution in [2.75, 3.05) is 12.3 Å². The van der Waals surface area contributed by atoms with Crippen LogP contribution >= 0.6 is 0 Å². The van der Waals surface area contributed by atoms with Gasteiger partial charge in [-0.05, 0) is 0 Å². The fourth-order valence-electron chi connectivity index (χ4n) is 0.566. The summed E-state index contributed by atoms with van der Waals surface area (Å²) in [7, 11) is 0. The van der Waals surface area contributed by atoms with Crippen molar-refractivity contribution in [3.05, 3.63) is 24.7 Å². The minimum Gasteiger partial charge on any atom is -0.459 e. The number of rotatable bonds is 3. The molecule has 0 atom stereocenters. The quantitative estimate of drug-likeness (QED) is 0.678. The molecule has 5 heteroatoms. The smallest absolute Gasteiger partial charge is 0.318 e. The molecule has 0 radical (unpaired) electrons. The van der Waals surface area contributed by atoms with Gasteiger partial charge in [0, 0.05) is 0 Å². The third-order valence-corrected chi connectivity index (χ3v) is 1.08. The van der Waals surface area contributed by atoms with E-state index in [9.17, 15) is 4.39 Å². The van der Waals surface area contributed by atoms with Crippen molar-refractivity contribution < 1.29 is 9.13 Å². The molecule has 0 amide bonds. The van der Waals surface area contributed by atoms with E-state index >= 15 is 0 Å². The lowest BCUT2D eigenvalue weighted by Crippen LogP contribution is -2.02. The van der Waals surface area contributed by atoms with Gasteiger partial charge < -0.3 is 10.5 Å². The predicted molar refractivity (Wildman–Crippen MR) is 42.1 cm³/mol. The Morgan fingerprint density at radius 2 is 2.50 bits per heavy atom. The lowest BCUT2D eigenvalue weighted by molar-refractivity contribution is 0.332. The first-order chi connectivity index (χ1) is 5.74. The van der Waals surface area contributed by atoms with Gasteiger partial charge in [0.1, 0.15) is 6.61 Å². The van der Waals surface area contributed by atoms with E-state index in [0.717, 1.165) is 6.20 Å². The summed E-state index contributed by atoms with van der Waals surface area (Å²) in [6.07, 6.45) is 2.49. The maximum absolute atomic E-state index is 12.5. The van der Waals surface area contributed by atoms with E-state index in [1.54, 1.807) is 0 Å². The van der Waals surface area contributed by atoms with Crippen molar-refractivity contribution in [3.8, 4) is 6.01 Å². The average molecular weight is 169 g/mol. The van der Waals surface area contributed by atoms with Crippen LogP contribution in [0.1, 0.15) is 0 Å². The monoisotopic (exact) mass is 169 g/mol. The molecule has 0 bridgehead atoms. The van der Waals surface area contributed by atoms with Crippen LogP contribution in [0.4, 0.5) is 10.2 Å². The van der Waals surface area contributed by atoms with Crippen LogP contribution in [0.15, 0.2) is 18.9 Å². The van der Waals surface area contributed by atoms with Crippen LogP contribution in [0.3, 0.4) is 0 Å². The van der Waals surface area contributed by atoms with E-state index in [4.69, 9.17) is 10.5 Å². The summed E-state index contributed by atoms with van der Waals surface area (Å²) in [5.41, 5.74) is 5.16. The van der Waals surface area contributed by atoms with Crippen LogP contribution in [-0.4, -0.2) is 16.6 Å². The fourth-order valence-corrected chi connectivity index (χ4v) is 0.566. The number of aromatic nitrogens is 2. The van der Waals surface area contributed by atoms with Crippen LogP contribution in [0.25, 0.3) is 0 Å². The molecule has 0 aliphatic heterocycles. The molecule has 1 rings (SSSR count). The number of halogens is 1. The molecule has 1 aromatic heterocycles. The van der Waals surface area contributed by atoms with Gasteiger partial charge >= 0.3 is 6.01 Å². The van der Waals surface area contributed by atoms with Crippen molar-refractivity contribution in [1.29, 1.82) is 0 Å². The number of hydrogen-bond acceptors (Lipinski definition) is 4. The molecular formula is C7H8FN3O. The van der Waals surface area contributed by atoms with Crippen molar-refractivity contribution in [2.45, 2.75) is 0 Å². The zero-order chi connectivity index (χ0) is 8.97. The standard InChI is InChI=1S/C7H8FN3O/c1-2-3-12-7-10-4-5(8)6(9)11-7/h2,4H,1,3H2,(H2,9,10,11). The Hall–Kier alpha value is -1.65. The summed E-state index contributed by atoms with van der Waals surface area (Å²) < 4.78 is 17.4. The van der Waals surface area contributed by atoms with Crippen LogP contribution in [-0.2, 0) is 0 Å². The molecule has 0 aliphatic rings.